The van der Waals surface area contributed by atoms with Gasteiger partial charge in [-0.1, -0.05) is 12.8 Å². The molecule has 1 aliphatic carbocycles. The smallest absolute Gasteiger partial charge is 0.226 e. The zero-order valence-electron chi connectivity index (χ0n) is 14.1. The first kappa shape index (κ1) is 17.9. The second-order valence-corrected chi connectivity index (χ2v) is 7.23. The molecular weight excluding hydrogens is 362 g/mol. The second kappa shape index (κ2) is 7.24. The van der Waals surface area contributed by atoms with Gasteiger partial charge in [0, 0.05) is 6.04 Å². The molecule has 0 amide bonds. The lowest BCUT2D eigenvalue weighted by Crippen LogP contribution is -2.52. The molecule has 2 aromatic rings. The van der Waals surface area contributed by atoms with Crippen LogP contribution in [0.1, 0.15) is 31.7 Å². The molecule has 2 aliphatic rings. The maximum Gasteiger partial charge on any atom is 0.226 e. The molecular formula is C16H22ClN5O4. The third-order valence-electron chi connectivity index (χ3n) is 5.22. The summed E-state index contributed by atoms with van der Waals surface area (Å²) in [6.07, 6.45) is 2.99. The van der Waals surface area contributed by atoms with Crippen LogP contribution in [-0.4, -0.2) is 72.6 Å². The van der Waals surface area contributed by atoms with E-state index in [0.717, 1.165) is 12.8 Å². The predicted molar refractivity (Wildman–Crippen MR) is 94.1 cm³/mol. The lowest BCUT2D eigenvalue weighted by molar-refractivity contribution is -0.170. The fourth-order valence-corrected chi connectivity index (χ4v) is 3.92. The van der Waals surface area contributed by atoms with E-state index in [1.54, 1.807) is 6.20 Å². The third kappa shape index (κ3) is 3.14. The first-order chi connectivity index (χ1) is 12.6. The highest BCUT2D eigenvalue weighted by molar-refractivity contribution is 6.28. The van der Waals surface area contributed by atoms with Crippen LogP contribution in [0.2, 0.25) is 5.28 Å². The molecule has 26 heavy (non-hydrogen) atoms. The average molecular weight is 384 g/mol. The van der Waals surface area contributed by atoms with Crippen LogP contribution in [-0.2, 0) is 4.74 Å². The van der Waals surface area contributed by atoms with Crippen molar-refractivity contribution in [2.24, 2.45) is 0 Å². The molecule has 1 aliphatic heterocycles. The number of anilines is 1. The van der Waals surface area contributed by atoms with Crippen molar-refractivity contribution in [3.8, 4) is 0 Å². The van der Waals surface area contributed by atoms with Crippen molar-refractivity contribution < 1.29 is 20.1 Å². The van der Waals surface area contributed by atoms with Crippen LogP contribution in [0.4, 0.5) is 5.82 Å². The SMILES string of the molecule is OC[C@H]1OC[C@@H](n2ncc3c(NC4CCCC4)nc(Cl)nc32)[C@H](O)[C@@H]1O. The summed E-state index contributed by atoms with van der Waals surface area (Å²) < 4.78 is 6.95. The third-order valence-corrected chi connectivity index (χ3v) is 5.39. The fourth-order valence-electron chi connectivity index (χ4n) is 3.76. The molecule has 142 valence electrons. The Balaban J connectivity index is 1.67. The lowest BCUT2D eigenvalue weighted by Gasteiger charge is -2.36. The van der Waals surface area contributed by atoms with Crippen molar-refractivity contribution in [3.05, 3.63) is 11.5 Å². The summed E-state index contributed by atoms with van der Waals surface area (Å²) in [5.74, 6) is 0.623. The molecule has 2 aromatic heterocycles. The first-order valence-electron chi connectivity index (χ1n) is 8.84. The largest absolute Gasteiger partial charge is 0.394 e. The highest BCUT2D eigenvalue weighted by Crippen LogP contribution is 2.31. The van der Waals surface area contributed by atoms with E-state index in [-0.39, 0.29) is 18.5 Å². The molecule has 0 bridgehead atoms. The molecule has 2 fully saturated rings. The van der Waals surface area contributed by atoms with Gasteiger partial charge in [-0.05, 0) is 24.4 Å². The van der Waals surface area contributed by atoms with Crippen LogP contribution in [0.5, 0.6) is 0 Å². The van der Waals surface area contributed by atoms with Gasteiger partial charge in [0.1, 0.15) is 30.2 Å². The molecule has 9 nitrogen and oxygen atoms in total. The summed E-state index contributed by atoms with van der Waals surface area (Å²) >= 11 is 6.11. The van der Waals surface area contributed by atoms with E-state index in [0.29, 0.717) is 22.9 Å². The van der Waals surface area contributed by atoms with E-state index in [9.17, 15) is 15.3 Å². The number of rotatable bonds is 4. The van der Waals surface area contributed by atoms with Crippen LogP contribution in [0.25, 0.3) is 11.0 Å². The van der Waals surface area contributed by atoms with Gasteiger partial charge >= 0.3 is 0 Å². The van der Waals surface area contributed by atoms with Crippen molar-refractivity contribution in [1.82, 2.24) is 19.7 Å². The van der Waals surface area contributed by atoms with Crippen LogP contribution in [0.15, 0.2) is 6.20 Å². The van der Waals surface area contributed by atoms with E-state index >= 15 is 0 Å². The van der Waals surface area contributed by atoms with Crippen LogP contribution in [0.3, 0.4) is 0 Å². The number of ether oxygens (including phenoxy) is 1. The number of hydrogen-bond donors (Lipinski definition) is 4. The van der Waals surface area contributed by atoms with Gasteiger partial charge in [0.05, 0.1) is 24.8 Å². The molecule has 1 saturated carbocycles. The summed E-state index contributed by atoms with van der Waals surface area (Å²) in [6, 6.07) is -0.293. The summed E-state index contributed by atoms with van der Waals surface area (Å²) in [4.78, 5) is 8.56. The van der Waals surface area contributed by atoms with Gasteiger partial charge in [0.2, 0.25) is 5.28 Å². The zero-order chi connectivity index (χ0) is 18.3. The van der Waals surface area contributed by atoms with Crippen molar-refractivity contribution in [1.29, 1.82) is 0 Å². The number of aliphatic hydroxyl groups is 3. The Morgan fingerprint density at radius 3 is 2.73 bits per heavy atom. The monoisotopic (exact) mass is 383 g/mol. The quantitative estimate of drug-likeness (QED) is 0.562. The van der Waals surface area contributed by atoms with E-state index < -0.39 is 24.4 Å². The molecule has 0 radical (unpaired) electrons. The van der Waals surface area contributed by atoms with Crippen molar-refractivity contribution >= 4 is 28.5 Å². The number of fused-ring (bicyclic) bond motifs is 1. The second-order valence-electron chi connectivity index (χ2n) is 6.90. The molecule has 10 heteroatoms. The Labute approximate surface area is 155 Å². The topological polar surface area (TPSA) is 126 Å². The Hall–Kier alpha value is -1.52. The number of halogens is 1. The summed E-state index contributed by atoms with van der Waals surface area (Å²) in [6.45, 7) is -0.276. The molecule has 0 aromatic carbocycles. The molecule has 4 atom stereocenters. The predicted octanol–water partition coefficient (Wildman–Crippen LogP) is 0.488. The van der Waals surface area contributed by atoms with Gasteiger partial charge in [-0.3, -0.25) is 0 Å². The van der Waals surface area contributed by atoms with Gasteiger partial charge in [0.15, 0.2) is 5.65 Å². The molecule has 0 unspecified atom stereocenters. The Morgan fingerprint density at radius 2 is 2.00 bits per heavy atom. The average Bonchev–Trinajstić information content (AvgIpc) is 3.27. The number of nitrogens with one attached hydrogen (secondary N) is 1. The number of aliphatic hydroxyl groups excluding tert-OH is 3. The van der Waals surface area contributed by atoms with E-state index in [2.05, 4.69) is 20.4 Å². The van der Waals surface area contributed by atoms with Crippen molar-refractivity contribution in [3.63, 3.8) is 0 Å². The summed E-state index contributed by atoms with van der Waals surface area (Å²) in [5, 5.41) is 38.3. The highest BCUT2D eigenvalue weighted by atomic mass is 35.5. The van der Waals surface area contributed by atoms with E-state index in [4.69, 9.17) is 16.3 Å². The Kier molecular flexibility index (Phi) is 4.98. The number of nitrogens with zero attached hydrogens (tertiary/aromatic N) is 4. The Bertz CT molecular complexity index is 781. The maximum absolute atomic E-state index is 10.4. The molecule has 4 rings (SSSR count). The fraction of sp³-hybridized carbons (Fsp3) is 0.688. The van der Waals surface area contributed by atoms with Gasteiger partial charge in [-0.25, -0.2) is 4.68 Å². The van der Waals surface area contributed by atoms with Gasteiger partial charge in [-0.15, -0.1) is 0 Å². The molecule has 0 spiro atoms. The number of hydrogen-bond acceptors (Lipinski definition) is 8. The summed E-state index contributed by atoms with van der Waals surface area (Å²) in [7, 11) is 0. The first-order valence-corrected chi connectivity index (χ1v) is 9.22. The Morgan fingerprint density at radius 1 is 1.23 bits per heavy atom. The van der Waals surface area contributed by atoms with E-state index in [1.807, 2.05) is 0 Å². The minimum absolute atomic E-state index is 0.0831. The van der Waals surface area contributed by atoms with Crippen LogP contribution < -0.4 is 5.32 Å². The highest BCUT2D eigenvalue weighted by Gasteiger charge is 2.40. The van der Waals surface area contributed by atoms with Gasteiger partial charge < -0.3 is 25.4 Å². The van der Waals surface area contributed by atoms with Gasteiger partial charge in [0.25, 0.3) is 0 Å². The van der Waals surface area contributed by atoms with Crippen molar-refractivity contribution in [2.45, 2.75) is 56.1 Å². The standard InChI is InChI=1S/C16H22ClN5O4/c17-16-20-14(19-8-3-1-2-4-8)9-5-18-22(15(9)21-16)10-7-26-11(6-23)13(25)12(10)24/h5,8,10-13,23-25H,1-4,6-7H2,(H,19,20,21)/t10-,11-,12+,13-/m1/s1. The minimum Gasteiger partial charge on any atom is -0.394 e. The lowest BCUT2D eigenvalue weighted by atomic mass is 9.98. The molecule has 4 N–H and O–H groups in total. The summed E-state index contributed by atoms with van der Waals surface area (Å²) in [5.41, 5.74) is 0.466. The van der Waals surface area contributed by atoms with Gasteiger partial charge in [-0.2, -0.15) is 15.1 Å². The number of aromatic nitrogens is 4. The zero-order valence-corrected chi connectivity index (χ0v) is 14.9. The molecule has 1 saturated heterocycles. The minimum atomic E-state index is -1.22. The normalized spacial score (nSPS) is 30.2. The van der Waals surface area contributed by atoms with Crippen molar-refractivity contribution in [2.75, 3.05) is 18.5 Å². The maximum atomic E-state index is 10.4. The van der Waals surface area contributed by atoms with E-state index in [1.165, 1.54) is 17.5 Å². The molecule has 3 heterocycles. The van der Waals surface area contributed by atoms with Crippen LogP contribution >= 0.6 is 11.6 Å². The van der Waals surface area contributed by atoms with Crippen LogP contribution in [0, 0.1) is 0 Å².